The van der Waals surface area contributed by atoms with Crippen LogP contribution in [0.15, 0.2) is 61.2 Å². The van der Waals surface area contributed by atoms with Gasteiger partial charge >= 0.3 is 0 Å². The molecule has 0 saturated carbocycles. The van der Waals surface area contributed by atoms with Gasteiger partial charge in [0, 0.05) is 16.7 Å². The second-order valence-electron chi connectivity index (χ2n) is 7.10. The van der Waals surface area contributed by atoms with E-state index >= 15 is 0 Å². The number of aliphatic hydroxyl groups excluding tert-OH is 1. The van der Waals surface area contributed by atoms with Crippen molar-refractivity contribution >= 4 is 22.6 Å². The summed E-state index contributed by atoms with van der Waals surface area (Å²) in [5, 5.41) is 20.3. The predicted octanol–water partition coefficient (Wildman–Crippen LogP) is 5.64. The summed E-state index contributed by atoms with van der Waals surface area (Å²) in [6, 6.07) is 16.0. The van der Waals surface area contributed by atoms with Crippen molar-refractivity contribution in [2.75, 3.05) is 0 Å². The number of rotatable bonds is 4. The van der Waals surface area contributed by atoms with Crippen LogP contribution in [-0.2, 0) is 0 Å². The smallest absolute Gasteiger partial charge is 0.159 e. The van der Waals surface area contributed by atoms with E-state index in [0.717, 1.165) is 22.2 Å². The molecule has 0 radical (unpaired) electrons. The number of nitrogens with zero attached hydrogens (tertiary/aromatic N) is 1. The topological polar surface area (TPSA) is 86.2 Å². The molecule has 0 unspecified atom stereocenters. The van der Waals surface area contributed by atoms with E-state index in [1.54, 1.807) is 36.4 Å². The Kier molecular flexibility index (Phi) is 4.43. The second kappa shape index (κ2) is 6.95. The number of phenols is 1. The molecule has 0 aliphatic rings. The van der Waals surface area contributed by atoms with E-state index in [0.29, 0.717) is 28.1 Å². The summed E-state index contributed by atoms with van der Waals surface area (Å²) < 4.78 is 0. The van der Waals surface area contributed by atoms with Crippen LogP contribution in [0.2, 0.25) is 0 Å². The molecule has 0 aliphatic carbocycles. The molecule has 29 heavy (non-hydrogen) atoms. The maximum Gasteiger partial charge on any atom is 0.159 e. The van der Waals surface area contributed by atoms with Gasteiger partial charge < -0.3 is 15.2 Å². The van der Waals surface area contributed by atoms with E-state index in [2.05, 4.69) is 16.5 Å². The highest BCUT2D eigenvalue weighted by molar-refractivity contribution is 5.97. The summed E-state index contributed by atoms with van der Waals surface area (Å²) in [5.41, 5.74) is 5.84. The van der Waals surface area contributed by atoms with E-state index < -0.39 is 0 Å². The number of H-pyrrole nitrogens is 1. The van der Waals surface area contributed by atoms with Gasteiger partial charge in [-0.2, -0.15) is 0 Å². The van der Waals surface area contributed by atoms with Crippen LogP contribution < -0.4 is 0 Å². The van der Waals surface area contributed by atoms with Crippen molar-refractivity contribution in [3.63, 3.8) is 0 Å². The number of imidazole rings is 1. The number of benzene rings is 3. The molecule has 0 aliphatic heterocycles. The Labute approximate surface area is 168 Å². The number of aromatic amines is 1. The average Bonchev–Trinajstić information content (AvgIpc) is 3.10. The Balaban J connectivity index is 1.96. The van der Waals surface area contributed by atoms with Crippen LogP contribution >= 0.6 is 0 Å². The zero-order valence-corrected chi connectivity index (χ0v) is 16.2. The number of phenolic OH excluding ortho intramolecular Hbond substituents is 1. The van der Waals surface area contributed by atoms with Crippen molar-refractivity contribution in [1.29, 1.82) is 0 Å². The first-order valence-electron chi connectivity index (χ1n) is 9.17. The van der Waals surface area contributed by atoms with E-state index in [9.17, 15) is 15.0 Å². The molecule has 0 amide bonds. The van der Waals surface area contributed by atoms with Crippen molar-refractivity contribution in [3.05, 3.63) is 77.9 Å². The lowest BCUT2D eigenvalue weighted by Gasteiger charge is -2.14. The van der Waals surface area contributed by atoms with Crippen LogP contribution in [-0.4, -0.2) is 26.0 Å². The minimum atomic E-state index is -0.155. The number of aromatic hydroxyl groups is 1. The Bertz CT molecular complexity index is 1280. The fraction of sp³-hybridized carbons (Fsp3) is 0.0833. The zero-order chi connectivity index (χ0) is 20.7. The SMILES string of the molecule is C=C(O)c1cc(C(C)=O)ccc1-c1cc(O)ccc1-c1nc2ccc(C)cc2[nH]1. The number of carbonyl (C=O) groups excluding carboxylic acids is 1. The van der Waals surface area contributed by atoms with Gasteiger partial charge in [0.15, 0.2) is 5.78 Å². The van der Waals surface area contributed by atoms with Gasteiger partial charge in [0.2, 0.25) is 0 Å². The molecule has 0 fully saturated rings. The number of aryl methyl sites for hydroxylation is 1. The predicted molar refractivity (Wildman–Crippen MR) is 115 cm³/mol. The van der Waals surface area contributed by atoms with Gasteiger partial charge in [-0.25, -0.2) is 4.98 Å². The molecule has 3 N–H and O–H groups in total. The summed E-state index contributed by atoms with van der Waals surface area (Å²) in [6.07, 6.45) is 0. The minimum Gasteiger partial charge on any atom is -0.508 e. The third-order valence-corrected chi connectivity index (χ3v) is 4.92. The van der Waals surface area contributed by atoms with Crippen LogP contribution in [0.1, 0.15) is 28.4 Å². The van der Waals surface area contributed by atoms with Gasteiger partial charge in [-0.1, -0.05) is 24.8 Å². The quantitative estimate of drug-likeness (QED) is 0.314. The number of ketones is 1. The Morgan fingerprint density at radius 1 is 1.00 bits per heavy atom. The third-order valence-electron chi connectivity index (χ3n) is 4.92. The Morgan fingerprint density at radius 2 is 1.76 bits per heavy atom. The molecule has 144 valence electrons. The fourth-order valence-electron chi connectivity index (χ4n) is 3.45. The lowest BCUT2D eigenvalue weighted by molar-refractivity contribution is 0.101. The molecular weight excluding hydrogens is 364 g/mol. The monoisotopic (exact) mass is 384 g/mol. The van der Waals surface area contributed by atoms with Gasteiger partial charge in [0.05, 0.1) is 11.0 Å². The van der Waals surface area contributed by atoms with E-state index in [-0.39, 0.29) is 17.3 Å². The number of nitrogens with one attached hydrogen (secondary N) is 1. The summed E-state index contributed by atoms with van der Waals surface area (Å²) in [6.45, 7) is 7.12. The summed E-state index contributed by atoms with van der Waals surface area (Å²) >= 11 is 0. The molecule has 0 atom stereocenters. The standard InChI is InChI=1S/C24H20N2O3/c1-13-4-9-22-23(10-13)26-24(25-22)19-8-6-17(29)12-21(19)18-7-5-16(14(2)27)11-20(18)15(3)28/h4-12,28-29H,3H2,1-2H3,(H,25,26). The minimum absolute atomic E-state index is 0.0841. The first-order valence-corrected chi connectivity index (χ1v) is 9.17. The highest BCUT2D eigenvalue weighted by atomic mass is 16.3. The molecule has 3 aromatic carbocycles. The van der Waals surface area contributed by atoms with E-state index in [1.165, 1.54) is 6.92 Å². The lowest BCUT2D eigenvalue weighted by Crippen LogP contribution is -1.97. The van der Waals surface area contributed by atoms with E-state index in [1.807, 2.05) is 25.1 Å². The first kappa shape index (κ1) is 18.5. The Hall–Kier alpha value is -3.86. The van der Waals surface area contributed by atoms with Crippen molar-refractivity contribution in [2.24, 2.45) is 0 Å². The molecule has 4 rings (SSSR count). The zero-order valence-electron chi connectivity index (χ0n) is 16.2. The van der Waals surface area contributed by atoms with Crippen molar-refractivity contribution in [1.82, 2.24) is 9.97 Å². The average molecular weight is 384 g/mol. The number of Topliss-reactive ketones (excluding diaryl/α,β-unsaturated/α-hetero) is 1. The van der Waals surface area contributed by atoms with Crippen LogP contribution in [0.25, 0.3) is 39.3 Å². The normalized spacial score (nSPS) is 11.0. The Morgan fingerprint density at radius 3 is 2.48 bits per heavy atom. The highest BCUT2D eigenvalue weighted by Gasteiger charge is 2.17. The molecule has 5 nitrogen and oxygen atoms in total. The van der Waals surface area contributed by atoms with Crippen molar-refractivity contribution in [2.45, 2.75) is 13.8 Å². The summed E-state index contributed by atoms with van der Waals surface area (Å²) in [4.78, 5) is 19.8. The second-order valence-corrected chi connectivity index (χ2v) is 7.10. The molecule has 0 bridgehead atoms. The lowest BCUT2D eigenvalue weighted by atomic mass is 9.92. The van der Waals surface area contributed by atoms with Crippen LogP contribution in [0.3, 0.4) is 0 Å². The van der Waals surface area contributed by atoms with Gasteiger partial charge in [-0.15, -0.1) is 0 Å². The summed E-state index contributed by atoms with van der Waals surface area (Å²) in [5.74, 6) is 0.465. The van der Waals surface area contributed by atoms with Crippen molar-refractivity contribution in [3.8, 4) is 28.3 Å². The molecular formula is C24H20N2O3. The number of fused-ring (bicyclic) bond motifs is 1. The molecule has 0 saturated heterocycles. The van der Waals surface area contributed by atoms with Crippen LogP contribution in [0, 0.1) is 6.92 Å². The number of aromatic nitrogens is 2. The molecule has 0 spiro atoms. The van der Waals surface area contributed by atoms with E-state index in [4.69, 9.17) is 0 Å². The van der Waals surface area contributed by atoms with Gasteiger partial charge in [-0.3, -0.25) is 4.79 Å². The van der Waals surface area contributed by atoms with Gasteiger partial charge in [-0.05, 0) is 66.9 Å². The van der Waals surface area contributed by atoms with Crippen LogP contribution in [0.4, 0.5) is 0 Å². The highest BCUT2D eigenvalue weighted by Crippen LogP contribution is 2.38. The largest absolute Gasteiger partial charge is 0.508 e. The molecule has 1 aromatic heterocycles. The maximum atomic E-state index is 11.8. The van der Waals surface area contributed by atoms with Crippen molar-refractivity contribution < 1.29 is 15.0 Å². The summed E-state index contributed by atoms with van der Waals surface area (Å²) in [7, 11) is 0. The number of hydrogen-bond donors (Lipinski definition) is 3. The van der Waals surface area contributed by atoms with Crippen LogP contribution in [0.5, 0.6) is 5.75 Å². The first-order chi connectivity index (χ1) is 13.8. The van der Waals surface area contributed by atoms with Gasteiger partial charge in [0.25, 0.3) is 0 Å². The third kappa shape index (κ3) is 3.38. The number of hydrogen-bond acceptors (Lipinski definition) is 4. The van der Waals surface area contributed by atoms with Gasteiger partial charge in [0.1, 0.15) is 17.3 Å². The fourth-order valence-corrected chi connectivity index (χ4v) is 3.45. The molecule has 5 heteroatoms. The maximum absolute atomic E-state index is 11.8. The molecule has 1 heterocycles. The number of carbonyl (C=O) groups is 1. The number of aliphatic hydroxyl groups is 1. The molecule has 4 aromatic rings.